The Bertz CT molecular complexity index is 478. The van der Waals surface area contributed by atoms with Crippen LogP contribution in [0.25, 0.3) is 11.4 Å². The summed E-state index contributed by atoms with van der Waals surface area (Å²) in [6, 6.07) is 7.44. The van der Waals surface area contributed by atoms with Gasteiger partial charge in [0.1, 0.15) is 11.6 Å². The monoisotopic (exact) mass is 218 g/mol. The summed E-state index contributed by atoms with van der Waals surface area (Å²) in [6.07, 6.45) is 0. The molecule has 0 fully saturated rings. The number of ether oxygens (including phenoxy) is 1. The van der Waals surface area contributed by atoms with Crippen LogP contribution in [0, 0.1) is 0 Å². The second kappa shape index (κ2) is 4.32. The molecule has 0 bridgehead atoms. The molecule has 1 aromatic heterocycles. The van der Waals surface area contributed by atoms with E-state index in [4.69, 9.17) is 10.5 Å². The molecule has 1 aromatic carbocycles. The Morgan fingerprint density at radius 2 is 2.25 bits per heavy atom. The third-order valence-corrected chi connectivity index (χ3v) is 2.26. The van der Waals surface area contributed by atoms with E-state index < -0.39 is 0 Å². The zero-order valence-corrected chi connectivity index (χ0v) is 9.27. The van der Waals surface area contributed by atoms with Crippen molar-refractivity contribution in [3.05, 3.63) is 30.1 Å². The first-order valence-electron chi connectivity index (χ1n) is 5.03. The number of aromatic amines is 1. The highest BCUT2D eigenvalue weighted by atomic mass is 16.5. The minimum atomic E-state index is -0.146. The first kappa shape index (κ1) is 10.6. The van der Waals surface area contributed by atoms with E-state index in [0.717, 1.165) is 11.3 Å². The second-order valence-corrected chi connectivity index (χ2v) is 3.56. The summed E-state index contributed by atoms with van der Waals surface area (Å²) in [7, 11) is 1.63. The van der Waals surface area contributed by atoms with Gasteiger partial charge in [0.05, 0.1) is 13.2 Å². The van der Waals surface area contributed by atoms with E-state index >= 15 is 0 Å². The number of rotatable bonds is 3. The van der Waals surface area contributed by atoms with Gasteiger partial charge in [0, 0.05) is 5.56 Å². The fourth-order valence-electron chi connectivity index (χ4n) is 1.37. The molecule has 0 aliphatic carbocycles. The lowest BCUT2D eigenvalue weighted by Crippen LogP contribution is -2.06. The molecular weight excluding hydrogens is 204 g/mol. The zero-order valence-electron chi connectivity index (χ0n) is 9.27. The molecule has 0 unspecified atom stereocenters. The standard InChI is InChI=1S/C11H14N4O/c1-7(12)10-13-11(15-14-10)8-4-3-5-9(6-8)16-2/h3-7H,12H2,1-2H3,(H,13,14,15)/t7-/m0/s1. The van der Waals surface area contributed by atoms with E-state index in [0.29, 0.717) is 11.6 Å². The number of benzene rings is 1. The lowest BCUT2D eigenvalue weighted by molar-refractivity contribution is 0.415. The Balaban J connectivity index is 2.34. The average molecular weight is 218 g/mol. The van der Waals surface area contributed by atoms with Gasteiger partial charge < -0.3 is 10.5 Å². The Hall–Kier alpha value is -1.88. The molecule has 0 aliphatic heterocycles. The van der Waals surface area contributed by atoms with Crippen LogP contribution in [-0.4, -0.2) is 22.3 Å². The van der Waals surface area contributed by atoms with Crippen molar-refractivity contribution in [1.29, 1.82) is 0 Å². The molecule has 0 aliphatic rings. The van der Waals surface area contributed by atoms with Gasteiger partial charge >= 0.3 is 0 Å². The average Bonchev–Trinajstić information content (AvgIpc) is 2.78. The topological polar surface area (TPSA) is 76.8 Å². The van der Waals surface area contributed by atoms with Gasteiger partial charge in [-0.25, -0.2) is 4.98 Å². The number of methoxy groups -OCH3 is 1. The van der Waals surface area contributed by atoms with Gasteiger partial charge in [0.25, 0.3) is 0 Å². The van der Waals surface area contributed by atoms with E-state index in [2.05, 4.69) is 15.2 Å². The van der Waals surface area contributed by atoms with Crippen molar-refractivity contribution in [2.45, 2.75) is 13.0 Å². The van der Waals surface area contributed by atoms with Gasteiger partial charge in [-0.3, -0.25) is 5.10 Å². The van der Waals surface area contributed by atoms with Crippen molar-refractivity contribution in [1.82, 2.24) is 15.2 Å². The largest absolute Gasteiger partial charge is 0.497 e. The van der Waals surface area contributed by atoms with Crippen molar-refractivity contribution in [2.24, 2.45) is 5.73 Å². The minimum Gasteiger partial charge on any atom is -0.497 e. The highest BCUT2D eigenvalue weighted by molar-refractivity contribution is 5.57. The zero-order chi connectivity index (χ0) is 11.5. The predicted molar refractivity (Wildman–Crippen MR) is 61.0 cm³/mol. The van der Waals surface area contributed by atoms with Crippen LogP contribution in [0.15, 0.2) is 24.3 Å². The Labute approximate surface area is 93.7 Å². The summed E-state index contributed by atoms with van der Waals surface area (Å²) in [4.78, 5) is 4.31. The van der Waals surface area contributed by atoms with Crippen molar-refractivity contribution in [3.63, 3.8) is 0 Å². The number of aromatic nitrogens is 3. The highest BCUT2D eigenvalue weighted by Crippen LogP contribution is 2.21. The number of nitrogens with zero attached hydrogens (tertiary/aromatic N) is 2. The maximum absolute atomic E-state index is 5.70. The molecule has 1 heterocycles. The fourth-order valence-corrected chi connectivity index (χ4v) is 1.37. The first-order chi connectivity index (χ1) is 7.70. The number of H-pyrrole nitrogens is 1. The van der Waals surface area contributed by atoms with Crippen molar-refractivity contribution in [3.8, 4) is 17.1 Å². The van der Waals surface area contributed by atoms with E-state index in [1.165, 1.54) is 0 Å². The van der Waals surface area contributed by atoms with Crippen molar-refractivity contribution < 1.29 is 4.74 Å². The van der Waals surface area contributed by atoms with Crippen LogP contribution in [0.5, 0.6) is 5.75 Å². The van der Waals surface area contributed by atoms with E-state index in [1.807, 2.05) is 31.2 Å². The van der Waals surface area contributed by atoms with Crippen LogP contribution in [-0.2, 0) is 0 Å². The molecule has 0 radical (unpaired) electrons. The quantitative estimate of drug-likeness (QED) is 0.818. The molecule has 0 amide bonds. The molecule has 84 valence electrons. The highest BCUT2D eigenvalue weighted by Gasteiger charge is 2.09. The van der Waals surface area contributed by atoms with Gasteiger partial charge in [0.15, 0.2) is 5.82 Å². The Morgan fingerprint density at radius 3 is 2.88 bits per heavy atom. The van der Waals surface area contributed by atoms with Gasteiger partial charge in [0.2, 0.25) is 0 Å². The van der Waals surface area contributed by atoms with Crippen molar-refractivity contribution >= 4 is 0 Å². The summed E-state index contributed by atoms with van der Waals surface area (Å²) < 4.78 is 5.14. The number of nitrogens with one attached hydrogen (secondary N) is 1. The summed E-state index contributed by atoms with van der Waals surface area (Å²) in [5.41, 5.74) is 6.61. The molecule has 2 aromatic rings. The number of hydrogen-bond acceptors (Lipinski definition) is 4. The molecule has 3 N–H and O–H groups in total. The molecular formula is C11H14N4O. The summed E-state index contributed by atoms with van der Waals surface area (Å²) in [5.74, 6) is 2.09. The third kappa shape index (κ3) is 2.04. The van der Waals surface area contributed by atoms with Gasteiger partial charge in [-0.15, -0.1) is 0 Å². The van der Waals surface area contributed by atoms with E-state index in [-0.39, 0.29) is 6.04 Å². The normalized spacial score (nSPS) is 12.4. The summed E-state index contributed by atoms with van der Waals surface area (Å²) in [6.45, 7) is 1.86. The first-order valence-corrected chi connectivity index (χ1v) is 5.03. The third-order valence-electron chi connectivity index (χ3n) is 2.26. The maximum Gasteiger partial charge on any atom is 0.181 e. The molecule has 16 heavy (non-hydrogen) atoms. The van der Waals surface area contributed by atoms with Gasteiger partial charge in [-0.05, 0) is 19.1 Å². The molecule has 1 atom stereocenters. The maximum atomic E-state index is 5.70. The van der Waals surface area contributed by atoms with E-state index in [1.54, 1.807) is 7.11 Å². The molecule has 0 spiro atoms. The molecule has 0 saturated carbocycles. The molecule has 0 saturated heterocycles. The Morgan fingerprint density at radius 1 is 1.44 bits per heavy atom. The Kier molecular flexibility index (Phi) is 2.87. The summed E-state index contributed by atoms with van der Waals surface area (Å²) in [5, 5.41) is 6.93. The lowest BCUT2D eigenvalue weighted by Gasteiger charge is -2.00. The van der Waals surface area contributed by atoms with Crippen LogP contribution in [0.2, 0.25) is 0 Å². The molecule has 2 rings (SSSR count). The summed E-state index contributed by atoms with van der Waals surface area (Å²) >= 11 is 0. The molecule has 5 nitrogen and oxygen atoms in total. The molecule has 5 heteroatoms. The fraction of sp³-hybridized carbons (Fsp3) is 0.273. The van der Waals surface area contributed by atoms with Gasteiger partial charge in [-0.2, -0.15) is 5.10 Å². The predicted octanol–water partition coefficient (Wildman–Crippen LogP) is 1.50. The SMILES string of the molecule is COc1cccc(-c2n[nH]c([C@H](C)N)n2)c1. The minimum absolute atomic E-state index is 0.146. The van der Waals surface area contributed by atoms with Gasteiger partial charge in [-0.1, -0.05) is 12.1 Å². The van der Waals surface area contributed by atoms with Crippen LogP contribution in [0.4, 0.5) is 0 Å². The van der Waals surface area contributed by atoms with Crippen molar-refractivity contribution in [2.75, 3.05) is 7.11 Å². The number of nitrogens with two attached hydrogens (primary N) is 1. The van der Waals surface area contributed by atoms with Crippen LogP contribution in [0.1, 0.15) is 18.8 Å². The smallest absolute Gasteiger partial charge is 0.181 e. The lowest BCUT2D eigenvalue weighted by atomic mass is 10.2. The number of hydrogen-bond donors (Lipinski definition) is 2. The second-order valence-electron chi connectivity index (χ2n) is 3.56. The van der Waals surface area contributed by atoms with Crippen LogP contribution >= 0.6 is 0 Å². The van der Waals surface area contributed by atoms with E-state index in [9.17, 15) is 0 Å². The van der Waals surface area contributed by atoms with Crippen LogP contribution in [0.3, 0.4) is 0 Å². The van der Waals surface area contributed by atoms with Crippen LogP contribution < -0.4 is 10.5 Å².